The van der Waals surface area contributed by atoms with Crippen molar-refractivity contribution in [2.45, 2.75) is 33.4 Å². The zero-order valence-electron chi connectivity index (χ0n) is 19.9. The zero-order chi connectivity index (χ0) is 24.5. The molecule has 0 aliphatic rings. The Morgan fingerprint density at radius 3 is 2.47 bits per heavy atom. The van der Waals surface area contributed by atoms with Crippen molar-refractivity contribution in [2.24, 2.45) is 5.92 Å². The first kappa shape index (κ1) is 25.8. The number of benzene rings is 2. The van der Waals surface area contributed by atoms with Crippen molar-refractivity contribution in [3.05, 3.63) is 70.9 Å². The smallest absolute Gasteiger partial charge is 0.227 e. The normalized spacial score (nSPS) is 12.2. The molecule has 3 rings (SSSR count). The molecule has 0 saturated carbocycles. The Morgan fingerprint density at radius 1 is 1.12 bits per heavy atom. The fourth-order valence-electron chi connectivity index (χ4n) is 3.73. The van der Waals surface area contributed by atoms with Crippen LogP contribution in [0.2, 0.25) is 5.02 Å². The van der Waals surface area contributed by atoms with E-state index in [1.165, 1.54) is 0 Å². The van der Waals surface area contributed by atoms with Gasteiger partial charge in [0.1, 0.15) is 12.4 Å². The first-order chi connectivity index (χ1) is 16.4. The van der Waals surface area contributed by atoms with E-state index in [0.717, 1.165) is 23.5 Å². The van der Waals surface area contributed by atoms with E-state index in [1.807, 2.05) is 54.1 Å². The van der Waals surface area contributed by atoms with E-state index in [2.05, 4.69) is 24.7 Å². The number of aromatic nitrogens is 2. The molecule has 34 heavy (non-hydrogen) atoms. The highest BCUT2D eigenvalue weighted by atomic mass is 35.5. The van der Waals surface area contributed by atoms with Gasteiger partial charge < -0.3 is 14.6 Å². The molecule has 0 aliphatic heterocycles. The number of aliphatic hydroxyl groups is 1. The minimum atomic E-state index is -0.655. The second-order valence-corrected chi connectivity index (χ2v) is 9.07. The van der Waals surface area contributed by atoms with Crippen LogP contribution in [0.5, 0.6) is 11.6 Å². The molecule has 0 saturated heterocycles. The number of nitrogens with zero attached hydrogens (tertiary/aromatic N) is 3. The van der Waals surface area contributed by atoms with Crippen LogP contribution < -0.4 is 4.74 Å². The van der Waals surface area contributed by atoms with Gasteiger partial charge in [-0.25, -0.2) is 4.68 Å². The van der Waals surface area contributed by atoms with Gasteiger partial charge in [-0.1, -0.05) is 49.6 Å². The lowest BCUT2D eigenvalue weighted by Gasteiger charge is -2.27. The van der Waals surface area contributed by atoms with Crippen LogP contribution in [0.4, 0.5) is 0 Å². The van der Waals surface area contributed by atoms with Gasteiger partial charge in [-0.05, 0) is 49.2 Å². The molecular formula is C27H32ClN3O3. The standard InChI is InChI=1S/C27H32ClN3O3/c1-5-15-33-19-24(32)17-30(16-20(2)3)18-26-21(4)29-31(23-9-7-6-8-10-23)27(26)34-25-13-11-22(28)12-14-25/h1,6-14,20,24,32H,15-19H2,2-4H3/t24-/m1/s1. The van der Waals surface area contributed by atoms with Gasteiger partial charge >= 0.3 is 0 Å². The van der Waals surface area contributed by atoms with Crippen LogP contribution in [0.3, 0.4) is 0 Å². The average molecular weight is 482 g/mol. The molecule has 3 aromatic rings. The maximum atomic E-state index is 10.5. The number of ether oxygens (including phenoxy) is 2. The molecule has 0 radical (unpaired) electrons. The number of rotatable bonds is 12. The summed E-state index contributed by atoms with van der Waals surface area (Å²) in [5.41, 5.74) is 2.72. The number of hydrogen-bond acceptors (Lipinski definition) is 5. The number of halogens is 1. The quantitative estimate of drug-likeness (QED) is 0.288. The monoisotopic (exact) mass is 481 g/mol. The molecule has 1 N–H and O–H groups in total. The molecule has 2 aromatic carbocycles. The summed E-state index contributed by atoms with van der Waals surface area (Å²) in [6.45, 7) is 8.45. The van der Waals surface area contributed by atoms with Crippen LogP contribution in [0.15, 0.2) is 54.6 Å². The zero-order valence-corrected chi connectivity index (χ0v) is 20.7. The van der Waals surface area contributed by atoms with Crippen molar-refractivity contribution in [3.63, 3.8) is 0 Å². The minimum absolute atomic E-state index is 0.184. The lowest BCUT2D eigenvalue weighted by molar-refractivity contribution is 0.0236. The maximum Gasteiger partial charge on any atom is 0.227 e. The van der Waals surface area contributed by atoms with E-state index >= 15 is 0 Å². The maximum absolute atomic E-state index is 10.5. The van der Waals surface area contributed by atoms with E-state index < -0.39 is 6.10 Å². The third-order valence-corrected chi connectivity index (χ3v) is 5.39. The number of aryl methyl sites for hydroxylation is 1. The van der Waals surface area contributed by atoms with Crippen LogP contribution in [0, 0.1) is 25.2 Å². The number of hydrogen-bond donors (Lipinski definition) is 1. The Hall–Kier alpha value is -2.82. The Balaban J connectivity index is 1.93. The molecule has 0 bridgehead atoms. The SMILES string of the molecule is C#CCOC[C@H](O)CN(Cc1c(C)nn(-c2ccccc2)c1Oc1ccc(Cl)cc1)CC(C)C. The second kappa shape index (κ2) is 12.6. The third-order valence-electron chi connectivity index (χ3n) is 5.14. The fourth-order valence-corrected chi connectivity index (χ4v) is 3.86. The van der Waals surface area contributed by atoms with E-state index in [4.69, 9.17) is 32.6 Å². The predicted molar refractivity (Wildman–Crippen MR) is 136 cm³/mol. The molecule has 0 fully saturated rings. The number of para-hydroxylation sites is 1. The summed E-state index contributed by atoms with van der Waals surface area (Å²) in [4.78, 5) is 2.20. The van der Waals surface area contributed by atoms with Crippen molar-refractivity contribution in [1.29, 1.82) is 0 Å². The van der Waals surface area contributed by atoms with Crippen molar-refractivity contribution in [2.75, 3.05) is 26.3 Å². The summed E-state index contributed by atoms with van der Waals surface area (Å²) >= 11 is 6.06. The predicted octanol–water partition coefficient (Wildman–Crippen LogP) is 5.10. The van der Waals surface area contributed by atoms with Gasteiger partial charge in [0.15, 0.2) is 0 Å². The van der Waals surface area contributed by atoms with Gasteiger partial charge in [0.25, 0.3) is 0 Å². The molecule has 180 valence electrons. The van der Waals surface area contributed by atoms with E-state index in [0.29, 0.717) is 35.7 Å². The molecule has 1 aromatic heterocycles. The summed E-state index contributed by atoms with van der Waals surface area (Å²) in [6.07, 6.45) is 4.59. The highest BCUT2D eigenvalue weighted by molar-refractivity contribution is 6.30. The summed E-state index contributed by atoms with van der Waals surface area (Å²) in [5.74, 6) is 4.14. The first-order valence-corrected chi connectivity index (χ1v) is 11.7. The minimum Gasteiger partial charge on any atom is -0.439 e. The molecule has 0 spiro atoms. The van der Waals surface area contributed by atoms with Crippen LogP contribution in [-0.4, -0.2) is 52.2 Å². The summed E-state index contributed by atoms with van der Waals surface area (Å²) in [6, 6.07) is 17.1. The Labute approximate surface area is 207 Å². The van der Waals surface area contributed by atoms with Gasteiger partial charge in [-0.3, -0.25) is 4.90 Å². The molecule has 6 nitrogen and oxygen atoms in total. The van der Waals surface area contributed by atoms with Gasteiger partial charge in [0.05, 0.1) is 29.7 Å². The summed E-state index contributed by atoms with van der Waals surface area (Å²) in [7, 11) is 0. The second-order valence-electron chi connectivity index (χ2n) is 8.63. The number of aliphatic hydroxyl groups excluding tert-OH is 1. The van der Waals surface area contributed by atoms with Crippen molar-refractivity contribution in [3.8, 4) is 29.7 Å². The van der Waals surface area contributed by atoms with E-state index in [1.54, 1.807) is 12.1 Å². The van der Waals surface area contributed by atoms with Crippen LogP contribution >= 0.6 is 11.6 Å². The Kier molecular flexibility index (Phi) is 9.55. The molecular weight excluding hydrogens is 450 g/mol. The first-order valence-electron chi connectivity index (χ1n) is 11.4. The van der Waals surface area contributed by atoms with Gasteiger partial charge in [0.2, 0.25) is 5.88 Å². The Bertz CT molecular complexity index is 1070. The summed E-state index contributed by atoms with van der Waals surface area (Å²) in [5, 5.41) is 16.0. The molecule has 1 heterocycles. The largest absolute Gasteiger partial charge is 0.439 e. The Morgan fingerprint density at radius 2 is 1.82 bits per heavy atom. The van der Waals surface area contributed by atoms with Gasteiger partial charge in [-0.2, -0.15) is 5.10 Å². The van der Waals surface area contributed by atoms with E-state index in [9.17, 15) is 5.11 Å². The molecule has 0 aliphatic carbocycles. The van der Waals surface area contributed by atoms with Crippen LogP contribution in [-0.2, 0) is 11.3 Å². The van der Waals surface area contributed by atoms with Crippen molar-refractivity contribution < 1.29 is 14.6 Å². The molecule has 0 amide bonds. The molecule has 0 unspecified atom stereocenters. The lowest BCUT2D eigenvalue weighted by Crippen LogP contribution is -2.37. The lowest BCUT2D eigenvalue weighted by atomic mass is 10.1. The molecule has 7 heteroatoms. The van der Waals surface area contributed by atoms with Crippen molar-refractivity contribution >= 4 is 11.6 Å². The van der Waals surface area contributed by atoms with Gasteiger partial charge in [0, 0.05) is 24.7 Å². The van der Waals surface area contributed by atoms with Crippen LogP contribution in [0.25, 0.3) is 5.69 Å². The molecule has 1 atom stereocenters. The highest BCUT2D eigenvalue weighted by Gasteiger charge is 2.23. The van der Waals surface area contributed by atoms with Gasteiger partial charge in [-0.15, -0.1) is 6.42 Å². The average Bonchev–Trinajstić information content (AvgIpc) is 3.10. The topological polar surface area (TPSA) is 59.8 Å². The summed E-state index contributed by atoms with van der Waals surface area (Å²) < 4.78 is 13.5. The fraction of sp³-hybridized carbons (Fsp3) is 0.370. The number of terminal acetylenes is 1. The van der Waals surface area contributed by atoms with Crippen molar-refractivity contribution in [1.82, 2.24) is 14.7 Å². The third kappa shape index (κ3) is 7.34. The van der Waals surface area contributed by atoms with Crippen LogP contribution in [0.1, 0.15) is 25.1 Å². The van der Waals surface area contributed by atoms with E-state index in [-0.39, 0.29) is 13.2 Å². The highest BCUT2D eigenvalue weighted by Crippen LogP contribution is 2.32.